The molecule has 0 saturated carbocycles. The highest BCUT2D eigenvalue weighted by Gasteiger charge is 2.14. The number of hydrogen-bond donors (Lipinski definition) is 0. The molecule has 0 aliphatic carbocycles. The van der Waals surface area contributed by atoms with Crippen LogP contribution in [0.1, 0.15) is 5.56 Å². The Kier molecular flexibility index (Phi) is 3.83. The van der Waals surface area contributed by atoms with E-state index in [1.165, 1.54) is 5.56 Å². The number of aryl methyl sites for hydroxylation is 1. The van der Waals surface area contributed by atoms with E-state index >= 15 is 0 Å². The van der Waals surface area contributed by atoms with Crippen molar-refractivity contribution < 1.29 is 4.74 Å². The number of methoxy groups -OCH3 is 1. The number of benzene rings is 3. The van der Waals surface area contributed by atoms with Gasteiger partial charge in [0, 0.05) is 17.3 Å². The van der Waals surface area contributed by atoms with E-state index in [-0.39, 0.29) is 0 Å². The van der Waals surface area contributed by atoms with Gasteiger partial charge in [-0.3, -0.25) is 4.40 Å². The molecule has 4 heteroatoms. The summed E-state index contributed by atoms with van der Waals surface area (Å²) in [5.41, 5.74) is 7.98. The fourth-order valence-electron chi connectivity index (χ4n) is 3.47. The second-order valence-corrected chi connectivity index (χ2v) is 6.86. The first-order chi connectivity index (χ1) is 13.7. The Labute approximate surface area is 163 Å². The van der Waals surface area contributed by atoms with Gasteiger partial charge in [-0.15, -0.1) is 0 Å². The molecule has 5 aromatic rings. The molecule has 136 valence electrons. The van der Waals surface area contributed by atoms with Gasteiger partial charge in [0.1, 0.15) is 11.4 Å². The van der Waals surface area contributed by atoms with Crippen molar-refractivity contribution in [2.75, 3.05) is 7.11 Å². The van der Waals surface area contributed by atoms with Crippen LogP contribution in [0.15, 0.2) is 79.0 Å². The van der Waals surface area contributed by atoms with Gasteiger partial charge in [0.15, 0.2) is 5.65 Å². The first-order valence-electron chi connectivity index (χ1n) is 9.22. The minimum atomic E-state index is 0.822. The third kappa shape index (κ3) is 2.70. The number of ether oxygens (including phenoxy) is 1. The van der Waals surface area contributed by atoms with E-state index in [9.17, 15) is 0 Å². The molecule has 0 atom stereocenters. The molecular formula is C24H19N3O. The van der Waals surface area contributed by atoms with Crippen LogP contribution in [-0.4, -0.2) is 21.5 Å². The standard InChI is InChI=1S/C24H19N3O/c1-16-7-9-17(10-8-16)21-15-27-22-6-4-3-5-20(22)26-24(27)23(25-21)18-11-13-19(28-2)14-12-18/h3-15H,1-2H3. The maximum atomic E-state index is 5.30. The summed E-state index contributed by atoms with van der Waals surface area (Å²) in [5, 5.41) is 0. The normalized spacial score (nSPS) is 11.2. The van der Waals surface area contributed by atoms with Crippen LogP contribution in [0.3, 0.4) is 0 Å². The van der Waals surface area contributed by atoms with E-state index in [0.717, 1.165) is 44.9 Å². The molecule has 0 radical (unpaired) electrons. The fourth-order valence-corrected chi connectivity index (χ4v) is 3.47. The lowest BCUT2D eigenvalue weighted by atomic mass is 10.1. The van der Waals surface area contributed by atoms with Crippen LogP contribution in [0.5, 0.6) is 5.75 Å². The lowest BCUT2D eigenvalue weighted by Gasteiger charge is -2.09. The van der Waals surface area contributed by atoms with Crippen molar-refractivity contribution in [2.45, 2.75) is 6.92 Å². The largest absolute Gasteiger partial charge is 0.497 e. The van der Waals surface area contributed by atoms with E-state index in [1.54, 1.807) is 7.11 Å². The zero-order valence-electron chi connectivity index (χ0n) is 15.8. The number of hydrogen-bond acceptors (Lipinski definition) is 3. The van der Waals surface area contributed by atoms with Crippen molar-refractivity contribution in [2.24, 2.45) is 0 Å². The first-order valence-corrected chi connectivity index (χ1v) is 9.22. The van der Waals surface area contributed by atoms with Gasteiger partial charge in [0.05, 0.1) is 23.8 Å². The molecule has 4 nitrogen and oxygen atoms in total. The van der Waals surface area contributed by atoms with Crippen molar-refractivity contribution in [3.05, 3.63) is 84.6 Å². The minimum Gasteiger partial charge on any atom is -0.497 e. The quantitative estimate of drug-likeness (QED) is 0.422. The molecule has 0 spiro atoms. The Morgan fingerprint density at radius 1 is 0.786 bits per heavy atom. The summed E-state index contributed by atoms with van der Waals surface area (Å²) in [6.07, 6.45) is 2.07. The molecule has 0 fully saturated rings. The fraction of sp³-hybridized carbons (Fsp3) is 0.0833. The molecule has 2 heterocycles. The van der Waals surface area contributed by atoms with Gasteiger partial charge in [-0.1, -0.05) is 42.0 Å². The second kappa shape index (κ2) is 6.50. The summed E-state index contributed by atoms with van der Waals surface area (Å²) in [7, 11) is 1.67. The molecule has 0 amide bonds. The topological polar surface area (TPSA) is 39.4 Å². The Morgan fingerprint density at radius 2 is 1.50 bits per heavy atom. The Hall–Kier alpha value is -3.66. The monoisotopic (exact) mass is 365 g/mol. The molecule has 0 aliphatic rings. The van der Waals surface area contributed by atoms with Crippen molar-refractivity contribution in [3.8, 4) is 28.3 Å². The average Bonchev–Trinajstić information content (AvgIpc) is 3.12. The van der Waals surface area contributed by atoms with Gasteiger partial charge < -0.3 is 4.74 Å². The van der Waals surface area contributed by atoms with Crippen LogP contribution in [0.2, 0.25) is 0 Å². The predicted octanol–water partition coefficient (Wildman–Crippen LogP) is 5.53. The maximum Gasteiger partial charge on any atom is 0.164 e. The Bertz CT molecular complexity index is 1290. The number of para-hydroxylation sites is 2. The van der Waals surface area contributed by atoms with Crippen molar-refractivity contribution in [3.63, 3.8) is 0 Å². The van der Waals surface area contributed by atoms with E-state index in [0.29, 0.717) is 0 Å². The molecule has 28 heavy (non-hydrogen) atoms. The highest BCUT2D eigenvalue weighted by Crippen LogP contribution is 2.30. The summed E-state index contributed by atoms with van der Waals surface area (Å²) in [6.45, 7) is 2.09. The molecular weight excluding hydrogens is 346 g/mol. The molecule has 3 aromatic carbocycles. The third-order valence-corrected chi connectivity index (χ3v) is 5.00. The minimum absolute atomic E-state index is 0.822. The zero-order valence-corrected chi connectivity index (χ0v) is 15.8. The molecule has 0 aliphatic heterocycles. The van der Waals surface area contributed by atoms with Crippen LogP contribution in [0.4, 0.5) is 0 Å². The first kappa shape index (κ1) is 16.5. The lowest BCUT2D eigenvalue weighted by Crippen LogP contribution is -1.96. The van der Waals surface area contributed by atoms with E-state index in [1.807, 2.05) is 42.5 Å². The molecule has 0 N–H and O–H groups in total. The van der Waals surface area contributed by atoms with Gasteiger partial charge in [0.25, 0.3) is 0 Å². The van der Waals surface area contributed by atoms with Gasteiger partial charge in [-0.25, -0.2) is 9.97 Å². The Balaban J connectivity index is 1.82. The van der Waals surface area contributed by atoms with Crippen LogP contribution in [-0.2, 0) is 0 Å². The molecule has 0 bridgehead atoms. The number of nitrogens with zero attached hydrogens (tertiary/aromatic N) is 3. The average molecular weight is 365 g/mol. The number of rotatable bonds is 3. The van der Waals surface area contributed by atoms with Gasteiger partial charge in [-0.05, 0) is 43.3 Å². The van der Waals surface area contributed by atoms with E-state index < -0.39 is 0 Å². The Morgan fingerprint density at radius 3 is 2.25 bits per heavy atom. The van der Waals surface area contributed by atoms with Crippen LogP contribution >= 0.6 is 0 Å². The van der Waals surface area contributed by atoms with Gasteiger partial charge in [-0.2, -0.15) is 0 Å². The summed E-state index contributed by atoms with van der Waals surface area (Å²) < 4.78 is 7.44. The third-order valence-electron chi connectivity index (χ3n) is 5.00. The van der Waals surface area contributed by atoms with Gasteiger partial charge >= 0.3 is 0 Å². The van der Waals surface area contributed by atoms with Gasteiger partial charge in [0.2, 0.25) is 0 Å². The van der Waals surface area contributed by atoms with Crippen molar-refractivity contribution in [1.82, 2.24) is 14.4 Å². The highest BCUT2D eigenvalue weighted by molar-refractivity contribution is 5.87. The molecule has 2 aromatic heterocycles. The maximum absolute atomic E-state index is 5.30. The van der Waals surface area contributed by atoms with Crippen LogP contribution < -0.4 is 4.74 Å². The van der Waals surface area contributed by atoms with Crippen LogP contribution in [0.25, 0.3) is 39.2 Å². The molecule has 0 saturated heterocycles. The van der Waals surface area contributed by atoms with Crippen molar-refractivity contribution >= 4 is 16.7 Å². The summed E-state index contributed by atoms with van der Waals surface area (Å²) >= 11 is 0. The molecule has 5 rings (SSSR count). The zero-order chi connectivity index (χ0) is 19.1. The summed E-state index contributed by atoms with van der Waals surface area (Å²) in [6, 6.07) is 24.6. The lowest BCUT2D eigenvalue weighted by molar-refractivity contribution is 0.415. The second-order valence-electron chi connectivity index (χ2n) is 6.86. The van der Waals surface area contributed by atoms with Crippen molar-refractivity contribution in [1.29, 1.82) is 0 Å². The van der Waals surface area contributed by atoms with Crippen LogP contribution in [0, 0.1) is 6.92 Å². The predicted molar refractivity (Wildman–Crippen MR) is 113 cm³/mol. The SMILES string of the molecule is COc1ccc(-c2nc(-c3ccc(C)cc3)cn3c2nc2ccccc23)cc1. The van der Waals surface area contributed by atoms with E-state index in [2.05, 4.69) is 47.9 Å². The number of aromatic nitrogens is 3. The van der Waals surface area contributed by atoms with E-state index in [4.69, 9.17) is 14.7 Å². The smallest absolute Gasteiger partial charge is 0.164 e. The highest BCUT2D eigenvalue weighted by atomic mass is 16.5. The number of fused-ring (bicyclic) bond motifs is 3. The summed E-state index contributed by atoms with van der Waals surface area (Å²) in [4.78, 5) is 9.85. The summed E-state index contributed by atoms with van der Waals surface area (Å²) in [5.74, 6) is 0.822. The molecule has 0 unspecified atom stereocenters. The number of imidazole rings is 1.